The minimum absolute atomic E-state index is 0.193. The van der Waals surface area contributed by atoms with Crippen molar-refractivity contribution >= 4 is 25.1 Å². The SMILES string of the molecule is CC1(C)O[C@H]2[C@@H](O1)[C@](C#N)(c1ccc3c(N)ncnn13)O[C@@H]2COP(=O)(OCOC(=O)C(C)(C)C)Oc1ccccc1. The second-order valence-electron chi connectivity index (χ2n) is 11.3. The number of fused-ring (bicyclic) bond motifs is 2. The van der Waals surface area contributed by atoms with Crippen LogP contribution in [-0.4, -0.2) is 58.1 Å². The first-order valence-corrected chi connectivity index (χ1v) is 14.6. The molecule has 1 aromatic carbocycles. The van der Waals surface area contributed by atoms with E-state index in [1.54, 1.807) is 77.1 Å². The summed E-state index contributed by atoms with van der Waals surface area (Å²) in [6, 6.07) is 13.8. The Bertz CT molecular complexity index is 1550. The molecule has 1 unspecified atom stereocenters. The van der Waals surface area contributed by atoms with E-state index in [2.05, 4.69) is 16.2 Å². The third-order valence-electron chi connectivity index (χ3n) is 6.63. The topological polar surface area (TPSA) is 179 Å². The molecule has 5 atom stereocenters. The van der Waals surface area contributed by atoms with Gasteiger partial charge in [-0.1, -0.05) is 18.2 Å². The zero-order chi connectivity index (χ0) is 30.3. The van der Waals surface area contributed by atoms with Crippen molar-refractivity contribution in [3.8, 4) is 11.8 Å². The third kappa shape index (κ3) is 5.72. The zero-order valence-corrected chi connectivity index (χ0v) is 24.6. The van der Waals surface area contributed by atoms with Crippen molar-refractivity contribution in [2.24, 2.45) is 5.41 Å². The highest BCUT2D eigenvalue weighted by molar-refractivity contribution is 7.48. The zero-order valence-electron chi connectivity index (χ0n) is 23.8. The molecule has 4 heterocycles. The van der Waals surface area contributed by atoms with Crippen LogP contribution in [0.15, 0.2) is 48.8 Å². The van der Waals surface area contributed by atoms with Gasteiger partial charge in [0.25, 0.3) is 0 Å². The normalized spacial score (nSPS) is 26.3. The number of nitriles is 1. The van der Waals surface area contributed by atoms with Gasteiger partial charge in [-0.15, -0.1) is 0 Å². The Labute approximate surface area is 242 Å². The molecule has 224 valence electrons. The molecule has 0 bridgehead atoms. The lowest BCUT2D eigenvalue weighted by Crippen LogP contribution is -2.40. The van der Waals surface area contributed by atoms with Crippen LogP contribution in [0.1, 0.15) is 40.3 Å². The Hall–Kier alpha value is -3.57. The quantitative estimate of drug-likeness (QED) is 0.213. The fraction of sp³-hybridized carbons (Fsp3) is 0.481. The maximum atomic E-state index is 13.8. The fourth-order valence-corrected chi connectivity index (χ4v) is 5.76. The maximum Gasteiger partial charge on any atom is 0.533 e. The van der Waals surface area contributed by atoms with E-state index in [0.717, 1.165) is 0 Å². The summed E-state index contributed by atoms with van der Waals surface area (Å²) in [6.07, 6.45) is -1.47. The summed E-state index contributed by atoms with van der Waals surface area (Å²) in [4.78, 5) is 16.2. The summed E-state index contributed by atoms with van der Waals surface area (Å²) < 4.78 is 55.6. The molecule has 2 fully saturated rings. The van der Waals surface area contributed by atoms with Gasteiger partial charge in [-0.2, -0.15) is 10.4 Å². The molecule has 2 aromatic heterocycles. The number of nitrogen functional groups attached to an aromatic ring is 1. The number of phosphoric acid groups is 1. The Morgan fingerprint density at radius 2 is 1.88 bits per heavy atom. The molecule has 5 rings (SSSR count). The third-order valence-corrected chi connectivity index (χ3v) is 7.95. The van der Waals surface area contributed by atoms with Crippen LogP contribution in [0.2, 0.25) is 0 Å². The van der Waals surface area contributed by atoms with E-state index in [1.807, 2.05) is 0 Å². The number of anilines is 1. The van der Waals surface area contributed by atoms with E-state index in [9.17, 15) is 14.6 Å². The van der Waals surface area contributed by atoms with E-state index in [4.69, 9.17) is 38.3 Å². The summed E-state index contributed by atoms with van der Waals surface area (Å²) in [5, 5.41) is 14.8. The second-order valence-corrected chi connectivity index (χ2v) is 12.9. The molecule has 0 aliphatic carbocycles. The molecule has 14 nitrogen and oxygen atoms in total. The molecule has 2 saturated heterocycles. The van der Waals surface area contributed by atoms with Crippen molar-refractivity contribution in [2.45, 2.75) is 64.3 Å². The highest BCUT2D eigenvalue weighted by Gasteiger charge is 2.65. The molecule has 15 heteroatoms. The number of hydrogen-bond donors (Lipinski definition) is 1. The summed E-state index contributed by atoms with van der Waals surface area (Å²) in [5.41, 5.74) is 4.29. The Morgan fingerprint density at radius 3 is 2.57 bits per heavy atom. The lowest BCUT2D eigenvalue weighted by molar-refractivity contribution is -0.204. The lowest BCUT2D eigenvalue weighted by Gasteiger charge is -2.29. The first-order valence-electron chi connectivity index (χ1n) is 13.1. The van der Waals surface area contributed by atoms with Crippen molar-refractivity contribution in [3.05, 3.63) is 54.5 Å². The number of nitrogens with two attached hydrogens (primary N) is 1. The smallest absolute Gasteiger partial charge is 0.437 e. The minimum Gasteiger partial charge on any atom is -0.437 e. The van der Waals surface area contributed by atoms with Crippen LogP contribution in [0.25, 0.3) is 5.52 Å². The van der Waals surface area contributed by atoms with Crippen LogP contribution in [0.4, 0.5) is 5.82 Å². The van der Waals surface area contributed by atoms with Gasteiger partial charge in [-0.05, 0) is 58.9 Å². The second kappa shape index (κ2) is 10.9. The number of aromatic nitrogens is 3. The number of rotatable bonds is 9. The van der Waals surface area contributed by atoms with E-state index in [-0.39, 0.29) is 11.6 Å². The summed E-state index contributed by atoms with van der Waals surface area (Å²) >= 11 is 0. The predicted octanol–water partition coefficient (Wildman–Crippen LogP) is 3.72. The molecule has 0 saturated carbocycles. The van der Waals surface area contributed by atoms with Crippen LogP contribution in [0.3, 0.4) is 0 Å². The molecular formula is C27H32N5O9P. The van der Waals surface area contributed by atoms with Crippen molar-refractivity contribution in [2.75, 3.05) is 19.1 Å². The highest BCUT2D eigenvalue weighted by atomic mass is 31.2. The lowest BCUT2D eigenvalue weighted by atomic mass is 9.92. The van der Waals surface area contributed by atoms with Crippen molar-refractivity contribution in [1.82, 2.24) is 14.6 Å². The van der Waals surface area contributed by atoms with Gasteiger partial charge < -0.3 is 29.2 Å². The van der Waals surface area contributed by atoms with Gasteiger partial charge in [-0.3, -0.25) is 9.32 Å². The van der Waals surface area contributed by atoms with E-state index in [0.29, 0.717) is 11.2 Å². The molecule has 3 aromatic rings. The summed E-state index contributed by atoms with van der Waals surface area (Å²) in [5.74, 6) is -1.25. The molecule has 2 aliphatic rings. The number of nitrogens with zero attached hydrogens (tertiary/aromatic N) is 4. The fourth-order valence-electron chi connectivity index (χ4n) is 4.69. The molecular weight excluding hydrogens is 569 g/mol. The average Bonchev–Trinajstić information content (AvgIpc) is 3.58. The Morgan fingerprint density at radius 1 is 1.14 bits per heavy atom. The van der Waals surface area contributed by atoms with Gasteiger partial charge >= 0.3 is 13.8 Å². The van der Waals surface area contributed by atoms with E-state index in [1.165, 1.54) is 10.8 Å². The molecule has 0 radical (unpaired) electrons. The molecule has 42 heavy (non-hydrogen) atoms. The van der Waals surface area contributed by atoms with Crippen LogP contribution < -0.4 is 10.3 Å². The maximum absolute atomic E-state index is 13.8. The number of carbonyl (C=O) groups is 1. The molecule has 0 amide bonds. The minimum atomic E-state index is -4.41. The van der Waals surface area contributed by atoms with Gasteiger partial charge in [0.1, 0.15) is 42.0 Å². The van der Waals surface area contributed by atoms with Gasteiger partial charge in [-0.25, -0.2) is 18.6 Å². The van der Waals surface area contributed by atoms with Gasteiger partial charge in [0.2, 0.25) is 12.4 Å². The van der Waals surface area contributed by atoms with Crippen molar-refractivity contribution in [3.63, 3.8) is 0 Å². The van der Waals surface area contributed by atoms with Gasteiger partial charge in [0.15, 0.2) is 11.6 Å². The van der Waals surface area contributed by atoms with Crippen LogP contribution in [0.5, 0.6) is 5.75 Å². The van der Waals surface area contributed by atoms with Gasteiger partial charge in [0.05, 0.1) is 17.7 Å². The number of benzene rings is 1. The Kier molecular flexibility index (Phi) is 7.78. The van der Waals surface area contributed by atoms with Gasteiger partial charge in [0, 0.05) is 0 Å². The van der Waals surface area contributed by atoms with Crippen LogP contribution in [-0.2, 0) is 43.0 Å². The molecule has 2 aliphatic heterocycles. The number of ether oxygens (including phenoxy) is 4. The monoisotopic (exact) mass is 601 g/mol. The number of esters is 1. The summed E-state index contributed by atoms with van der Waals surface area (Å²) in [6.45, 7) is 7.32. The number of phosphoric ester groups is 1. The molecule has 0 spiro atoms. The largest absolute Gasteiger partial charge is 0.533 e. The number of hydrogen-bond acceptors (Lipinski definition) is 13. The van der Waals surface area contributed by atoms with Crippen LogP contribution >= 0.6 is 7.82 Å². The first kappa shape index (κ1) is 29.9. The number of carbonyl (C=O) groups excluding carboxylic acids is 1. The summed E-state index contributed by atoms with van der Waals surface area (Å²) in [7, 11) is -4.41. The average molecular weight is 602 g/mol. The first-order chi connectivity index (χ1) is 19.8. The molecule has 2 N–H and O–H groups in total. The highest BCUT2D eigenvalue weighted by Crippen LogP contribution is 2.53. The van der Waals surface area contributed by atoms with Crippen LogP contribution in [0, 0.1) is 16.7 Å². The number of para-hydroxylation sites is 1. The standard InChI is InChI=1S/C27H32N5O9P/c1-25(2,3)24(33)35-16-37-42(34,41-17-9-7-6-8-10-17)36-13-19-21-22(40-26(4,5)39-21)27(14-28,38-19)20-12-11-18-23(29)30-15-31-32(18)20/h6-12,15,19,21-22H,13,16H2,1-5H3,(H2,29,30,31)/t19-,21-,22-,27+,42?/m1/s1. The van der Waals surface area contributed by atoms with E-state index >= 15 is 0 Å². The Balaban J connectivity index is 1.41. The predicted molar refractivity (Wildman–Crippen MR) is 146 cm³/mol. The van der Waals surface area contributed by atoms with Crippen molar-refractivity contribution in [1.29, 1.82) is 5.26 Å². The van der Waals surface area contributed by atoms with Crippen molar-refractivity contribution < 1.29 is 41.9 Å². The van der Waals surface area contributed by atoms with E-state index < -0.39 is 62.3 Å².